The lowest BCUT2D eigenvalue weighted by Gasteiger charge is -2.32. The first-order chi connectivity index (χ1) is 14.0. The van der Waals surface area contributed by atoms with Gasteiger partial charge in [0.1, 0.15) is 0 Å². The average molecular weight is 408 g/mol. The normalized spacial score (nSPS) is 18.0. The zero-order valence-corrected chi connectivity index (χ0v) is 18.3. The minimum absolute atomic E-state index is 0.0292. The summed E-state index contributed by atoms with van der Waals surface area (Å²) in [5, 5.41) is 4.23. The second-order valence-electron chi connectivity index (χ2n) is 8.27. The Balaban J connectivity index is 1.40. The Hall–Kier alpha value is -2.40. The van der Waals surface area contributed by atoms with Gasteiger partial charge in [-0.3, -0.25) is 4.79 Å². The van der Waals surface area contributed by atoms with Crippen LogP contribution in [0.25, 0.3) is 10.2 Å². The topological polar surface area (TPSA) is 45.2 Å². The van der Waals surface area contributed by atoms with Gasteiger partial charge in [0.15, 0.2) is 5.13 Å². The summed E-state index contributed by atoms with van der Waals surface area (Å²) in [4.78, 5) is 20.0. The van der Waals surface area contributed by atoms with Crippen molar-refractivity contribution in [3.63, 3.8) is 0 Å². The Morgan fingerprint density at radius 1 is 1.28 bits per heavy atom. The minimum Gasteiger partial charge on any atom is -0.355 e. The predicted octanol–water partition coefficient (Wildman–Crippen LogP) is 5.05. The first kappa shape index (κ1) is 19.9. The fourth-order valence-electron chi connectivity index (χ4n) is 4.16. The van der Waals surface area contributed by atoms with Gasteiger partial charge in [-0.05, 0) is 55.4 Å². The van der Waals surface area contributed by atoms with Crippen molar-refractivity contribution in [1.82, 2.24) is 10.3 Å². The fourth-order valence-corrected chi connectivity index (χ4v) is 5.33. The number of anilines is 1. The zero-order valence-electron chi connectivity index (χ0n) is 17.4. The van der Waals surface area contributed by atoms with E-state index in [-0.39, 0.29) is 11.8 Å². The molecule has 4 nitrogen and oxygen atoms in total. The predicted molar refractivity (Wildman–Crippen MR) is 122 cm³/mol. The monoisotopic (exact) mass is 407 g/mol. The van der Waals surface area contributed by atoms with Gasteiger partial charge in [0.05, 0.1) is 16.1 Å². The zero-order chi connectivity index (χ0) is 20.4. The van der Waals surface area contributed by atoms with E-state index in [1.807, 2.05) is 18.2 Å². The van der Waals surface area contributed by atoms with Crippen molar-refractivity contribution < 1.29 is 4.79 Å². The number of rotatable bonds is 5. The fraction of sp³-hybridized carbons (Fsp3) is 0.417. The van der Waals surface area contributed by atoms with Crippen LogP contribution in [-0.2, 0) is 4.79 Å². The van der Waals surface area contributed by atoms with Gasteiger partial charge in [0, 0.05) is 19.6 Å². The quantitative estimate of drug-likeness (QED) is 0.644. The summed E-state index contributed by atoms with van der Waals surface area (Å²) >= 11 is 1.74. The third-order valence-electron chi connectivity index (χ3n) is 5.83. The molecule has 29 heavy (non-hydrogen) atoms. The smallest absolute Gasteiger partial charge is 0.224 e. The van der Waals surface area contributed by atoms with E-state index in [4.69, 9.17) is 4.98 Å². The Morgan fingerprint density at radius 3 is 2.86 bits per heavy atom. The largest absolute Gasteiger partial charge is 0.355 e. The number of fused-ring (bicyclic) bond motifs is 1. The maximum absolute atomic E-state index is 12.8. The van der Waals surface area contributed by atoms with Crippen LogP contribution < -0.4 is 10.2 Å². The molecular weight excluding hydrogens is 378 g/mol. The second kappa shape index (κ2) is 8.54. The van der Waals surface area contributed by atoms with E-state index < -0.39 is 0 Å². The maximum Gasteiger partial charge on any atom is 0.224 e. The van der Waals surface area contributed by atoms with E-state index >= 15 is 0 Å². The van der Waals surface area contributed by atoms with Gasteiger partial charge in [-0.1, -0.05) is 54.7 Å². The molecule has 1 saturated heterocycles. The molecule has 1 aromatic heterocycles. The molecule has 0 unspecified atom stereocenters. The van der Waals surface area contributed by atoms with Gasteiger partial charge in [-0.15, -0.1) is 0 Å². The van der Waals surface area contributed by atoms with E-state index in [1.54, 1.807) is 11.3 Å². The highest BCUT2D eigenvalue weighted by molar-refractivity contribution is 7.22. The van der Waals surface area contributed by atoms with Gasteiger partial charge in [-0.2, -0.15) is 0 Å². The van der Waals surface area contributed by atoms with Crippen LogP contribution in [-0.4, -0.2) is 30.5 Å². The molecule has 1 aliphatic heterocycles. The first-order valence-corrected chi connectivity index (χ1v) is 11.3. The van der Waals surface area contributed by atoms with Crippen molar-refractivity contribution >= 4 is 32.6 Å². The lowest BCUT2D eigenvalue weighted by atomic mass is 9.96. The summed E-state index contributed by atoms with van der Waals surface area (Å²) < 4.78 is 1.24. The molecule has 1 amide bonds. The number of carbonyl (C=O) groups excluding carboxylic acids is 1. The van der Waals surface area contributed by atoms with Crippen LogP contribution in [0.15, 0.2) is 42.5 Å². The first-order valence-electron chi connectivity index (χ1n) is 10.5. The van der Waals surface area contributed by atoms with Crippen molar-refractivity contribution in [2.24, 2.45) is 5.92 Å². The number of carbonyl (C=O) groups is 1. The summed E-state index contributed by atoms with van der Waals surface area (Å²) in [6, 6.07) is 14.8. The van der Waals surface area contributed by atoms with E-state index in [0.717, 1.165) is 36.6 Å². The highest BCUT2D eigenvalue weighted by atomic mass is 32.1. The van der Waals surface area contributed by atoms with Crippen LogP contribution in [0.1, 0.15) is 42.4 Å². The summed E-state index contributed by atoms with van der Waals surface area (Å²) in [6.07, 6.45) is 1.98. The van der Waals surface area contributed by atoms with Crippen LogP contribution in [0.3, 0.4) is 0 Å². The minimum atomic E-state index is 0.0292. The number of amides is 1. The number of aromatic nitrogens is 1. The SMILES string of the molecule is Cc1cc(C)c2nc(N3CCC[C@H](C(=O)NC[C@H](C)c4ccccc4)C3)sc2c1. The number of benzene rings is 2. The summed E-state index contributed by atoms with van der Waals surface area (Å²) in [7, 11) is 0. The molecule has 0 spiro atoms. The van der Waals surface area contributed by atoms with Crippen molar-refractivity contribution in [3.05, 3.63) is 59.2 Å². The lowest BCUT2D eigenvalue weighted by Crippen LogP contribution is -2.43. The van der Waals surface area contributed by atoms with Crippen molar-refractivity contribution in [1.29, 1.82) is 0 Å². The summed E-state index contributed by atoms with van der Waals surface area (Å²) in [5.41, 5.74) is 4.86. The van der Waals surface area contributed by atoms with Crippen LogP contribution in [0.4, 0.5) is 5.13 Å². The van der Waals surface area contributed by atoms with E-state index in [1.165, 1.54) is 21.4 Å². The molecule has 3 aromatic rings. The molecule has 2 heterocycles. The van der Waals surface area contributed by atoms with Crippen LogP contribution >= 0.6 is 11.3 Å². The van der Waals surface area contributed by atoms with Crippen LogP contribution in [0.2, 0.25) is 0 Å². The van der Waals surface area contributed by atoms with Gasteiger partial charge >= 0.3 is 0 Å². The Bertz CT molecular complexity index is 998. The molecule has 0 radical (unpaired) electrons. The van der Waals surface area contributed by atoms with E-state index in [0.29, 0.717) is 12.5 Å². The highest BCUT2D eigenvalue weighted by Crippen LogP contribution is 2.33. The highest BCUT2D eigenvalue weighted by Gasteiger charge is 2.27. The lowest BCUT2D eigenvalue weighted by molar-refractivity contribution is -0.125. The number of nitrogens with one attached hydrogen (secondary N) is 1. The maximum atomic E-state index is 12.8. The number of piperidine rings is 1. The number of thiazole rings is 1. The number of hydrogen-bond acceptors (Lipinski definition) is 4. The summed E-state index contributed by atoms with van der Waals surface area (Å²) in [6.45, 7) is 8.82. The van der Waals surface area contributed by atoms with Crippen molar-refractivity contribution in [3.8, 4) is 0 Å². The van der Waals surface area contributed by atoms with Gasteiger partial charge < -0.3 is 10.2 Å². The third-order valence-corrected chi connectivity index (χ3v) is 6.90. The van der Waals surface area contributed by atoms with Crippen molar-refractivity contribution in [2.75, 3.05) is 24.5 Å². The Labute approximate surface area is 177 Å². The van der Waals surface area contributed by atoms with E-state index in [9.17, 15) is 4.79 Å². The molecule has 152 valence electrons. The Morgan fingerprint density at radius 2 is 2.07 bits per heavy atom. The summed E-state index contributed by atoms with van der Waals surface area (Å²) in [5.74, 6) is 0.516. The van der Waals surface area contributed by atoms with Gasteiger partial charge in [-0.25, -0.2) is 4.98 Å². The molecule has 0 bridgehead atoms. The Kier molecular flexibility index (Phi) is 5.86. The molecule has 4 rings (SSSR count). The third kappa shape index (κ3) is 4.45. The molecular formula is C24H29N3OS. The van der Waals surface area contributed by atoms with Crippen molar-refractivity contribution in [2.45, 2.75) is 39.5 Å². The van der Waals surface area contributed by atoms with Gasteiger partial charge in [0.2, 0.25) is 5.91 Å². The second-order valence-corrected chi connectivity index (χ2v) is 9.28. The number of nitrogens with zero attached hydrogens (tertiary/aromatic N) is 2. The standard InChI is InChI=1S/C24H29N3OS/c1-16-12-17(2)22-21(13-16)29-24(26-22)27-11-7-10-20(15-27)23(28)25-14-18(3)19-8-5-4-6-9-19/h4-6,8-9,12-13,18,20H,7,10-11,14-15H2,1-3H3,(H,25,28)/t18-,20-/m0/s1. The van der Waals surface area contributed by atoms with Crippen LogP contribution in [0.5, 0.6) is 0 Å². The molecule has 2 atom stereocenters. The number of aryl methyl sites for hydroxylation is 2. The molecule has 2 aromatic carbocycles. The van der Waals surface area contributed by atoms with Crippen LogP contribution in [0, 0.1) is 19.8 Å². The molecule has 1 aliphatic rings. The molecule has 5 heteroatoms. The molecule has 0 aliphatic carbocycles. The number of hydrogen-bond donors (Lipinski definition) is 1. The van der Waals surface area contributed by atoms with E-state index in [2.05, 4.69) is 55.3 Å². The molecule has 1 fully saturated rings. The molecule has 0 saturated carbocycles. The molecule has 1 N–H and O–H groups in total. The average Bonchev–Trinajstić information content (AvgIpc) is 3.17. The van der Waals surface area contributed by atoms with Gasteiger partial charge in [0.25, 0.3) is 0 Å².